The van der Waals surface area contributed by atoms with Gasteiger partial charge in [0.1, 0.15) is 5.75 Å². The molecule has 0 fully saturated rings. The van der Waals surface area contributed by atoms with E-state index < -0.39 is 0 Å². The van der Waals surface area contributed by atoms with Gasteiger partial charge in [-0.3, -0.25) is 0 Å². The Kier molecular flexibility index (Phi) is 3.81. The molecule has 0 saturated heterocycles. The minimum atomic E-state index is -0.289. The van der Waals surface area contributed by atoms with E-state index in [2.05, 4.69) is 56.1 Å². The summed E-state index contributed by atoms with van der Waals surface area (Å²) >= 11 is 0. The second kappa shape index (κ2) is 5.33. The van der Waals surface area contributed by atoms with Crippen LogP contribution in [0.25, 0.3) is 0 Å². The number of hydrogen-bond acceptors (Lipinski definition) is 1. The molecule has 0 aliphatic heterocycles. The molecular formula is C15H17OP. The van der Waals surface area contributed by atoms with E-state index >= 15 is 0 Å². The van der Waals surface area contributed by atoms with Crippen LogP contribution in [-0.2, 0) is 0 Å². The molecule has 0 saturated carbocycles. The smallest absolute Gasteiger partial charge is 0.119 e. The van der Waals surface area contributed by atoms with E-state index in [1.807, 2.05) is 6.07 Å². The van der Waals surface area contributed by atoms with Crippen molar-refractivity contribution in [2.75, 3.05) is 13.8 Å². The Hall–Kier alpha value is -1.33. The summed E-state index contributed by atoms with van der Waals surface area (Å²) in [6.07, 6.45) is 0. The van der Waals surface area contributed by atoms with Crippen molar-refractivity contribution in [3.63, 3.8) is 0 Å². The van der Waals surface area contributed by atoms with Gasteiger partial charge in [-0.05, 0) is 44.3 Å². The Labute approximate surface area is 104 Å². The number of methoxy groups -OCH3 is 1. The summed E-state index contributed by atoms with van der Waals surface area (Å²) in [5, 5.41) is 2.76. The Balaban J connectivity index is 2.33. The molecule has 1 nitrogen and oxygen atoms in total. The van der Waals surface area contributed by atoms with Crippen molar-refractivity contribution in [2.45, 2.75) is 6.92 Å². The van der Waals surface area contributed by atoms with E-state index in [-0.39, 0.29) is 7.92 Å². The third kappa shape index (κ3) is 2.87. The highest BCUT2D eigenvalue weighted by molar-refractivity contribution is 7.72. The molecule has 0 radical (unpaired) electrons. The normalized spacial score (nSPS) is 12.2. The van der Waals surface area contributed by atoms with Gasteiger partial charge in [0.25, 0.3) is 0 Å². The summed E-state index contributed by atoms with van der Waals surface area (Å²) in [5.74, 6) is 0.935. The number of aryl methyl sites for hydroxylation is 1. The van der Waals surface area contributed by atoms with Crippen LogP contribution in [0.3, 0.4) is 0 Å². The highest BCUT2D eigenvalue weighted by Crippen LogP contribution is 2.30. The Morgan fingerprint density at radius 1 is 0.941 bits per heavy atom. The molecule has 2 aromatic rings. The third-order valence-electron chi connectivity index (χ3n) is 2.83. The number of ether oxygens (including phenoxy) is 1. The summed E-state index contributed by atoms with van der Waals surface area (Å²) in [4.78, 5) is 0. The molecule has 1 atom stereocenters. The van der Waals surface area contributed by atoms with Crippen LogP contribution >= 0.6 is 7.92 Å². The average molecular weight is 244 g/mol. The molecule has 0 aliphatic carbocycles. The highest BCUT2D eigenvalue weighted by Gasteiger charge is 2.08. The van der Waals surface area contributed by atoms with Gasteiger partial charge in [0.05, 0.1) is 7.11 Å². The maximum atomic E-state index is 5.27. The summed E-state index contributed by atoms with van der Waals surface area (Å²) in [6, 6.07) is 17.1. The van der Waals surface area contributed by atoms with Crippen LogP contribution in [0.15, 0.2) is 48.5 Å². The van der Waals surface area contributed by atoms with E-state index in [4.69, 9.17) is 4.74 Å². The Bertz CT molecular complexity index is 508. The van der Waals surface area contributed by atoms with Gasteiger partial charge >= 0.3 is 0 Å². The minimum Gasteiger partial charge on any atom is -0.497 e. The van der Waals surface area contributed by atoms with Crippen LogP contribution in [0.1, 0.15) is 5.56 Å². The van der Waals surface area contributed by atoms with Crippen LogP contribution < -0.4 is 15.3 Å². The third-order valence-corrected chi connectivity index (χ3v) is 4.94. The SMILES string of the molecule is COc1cccc(P(C)c2cccc(C)c2)c1. The zero-order chi connectivity index (χ0) is 12.3. The fraction of sp³-hybridized carbons (Fsp3) is 0.200. The van der Waals surface area contributed by atoms with Gasteiger partial charge in [-0.25, -0.2) is 0 Å². The first-order valence-corrected chi connectivity index (χ1v) is 7.44. The van der Waals surface area contributed by atoms with Crippen molar-refractivity contribution in [1.82, 2.24) is 0 Å². The summed E-state index contributed by atoms with van der Waals surface area (Å²) in [6.45, 7) is 4.43. The van der Waals surface area contributed by atoms with Gasteiger partial charge in [-0.1, -0.05) is 42.0 Å². The van der Waals surface area contributed by atoms with Crippen LogP contribution in [0.4, 0.5) is 0 Å². The van der Waals surface area contributed by atoms with Crippen LogP contribution in [0.5, 0.6) is 5.75 Å². The van der Waals surface area contributed by atoms with Crippen molar-refractivity contribution in [3.05, 3.63) is 54.1 Å². The number of benzene rings is 2. The zero-order valence-corrected chi connectivity index (χ0v) is 11.4. The summed E-state index contributed by atoms with van der Waals surface area (Å²) in [5.41, 5.74) is 1.32. The lowest BCUT2D eigenvalue weighted by Gasteiger charge is -2.14. The fourth-order valence-corrected chi connectivity index (χ4v) is 3.44. The number of rotatable bonds is 3. The predicted molar refractivity (Wildman–Crippen MR) is 76.3 cm³/mol. The zero-order valence-electron chi connectivity index (χ0n) is 10.5. The predicted octanol–water partition coefficient (Wildman–Crippen LogP) is 3.07. The van der Waals surface area contributed by atoms with Crippen molar-refractivity contribution >= 4 is 18.5 Å². The van der Waals surface area contributed by atoms with Crippen LogP contribution in [-0.4, -0.2) is 13.8 Å². The van der Waals surface area contributed by atoms with E-state index in [1.165, 1.54) is 16.2 Å². The molecule has 2 rings (SSSR count). The lowest BCUT2D eigenvalue weighted by Crippen LogP contribution is -2.11. The lowest BCUT2D eigenvalue weighted by atomic mass is 10.2. The van der Waals surface area contributed by atoms with Gasteiger partial charge in [-0.15, -0.1) is 0 Å². The molecule has 2 aromatic carbocycles. The fourth-order valence-electron chi connectivity index (χ4n) is 1.80. The molecule has 88 valence electrons. The Morgan fingerprint density at radius 3 is 2.24 bits per heavy atom. The molecule has 0 N–H and O–H groups in total. The number of hydrogen-bond donors (Lipinski definition) is 0. The molecule has 0 heterocycles. The van der Waals surface area contributed by atoms with Crippen molar-refractivity contribution < 1.29 is 4.74 Å². The second-order valence-corrected chi connectivity index (χ2v) is 6.25. The molecule has 0 aromatic heterocycles. The van der Waals surface area contributed by atoms with Gasteiger partial charge in [0, 0.05) is 0 Å². The van der Waals surface area contributed by atoms with Crippen molar-refractivity contribution in [1.29, 1.82) is 0 Å². The second-order valence-electron chi connectivity index (χ2n) is 4.10. The van der Waals surface area contributed by atoms with E-state index in [0.717, 1.165) is 5.75 Å². The molecule has 0 aliphatic rings. The molecule has 1 unspecified atom stereocenters. The largest absolute Gasteiger partial charge is 0.497 e. The molecule has 17 heavy (non-hydrogen) atoms. The first kappa shape index (κ1) is 12.1. The first-order valence-electron chi connectivity index (χ1n) is 5.65. The van der Waals surface area contributed by atoms with Gasteiger partial charge in [0.2, 0.25) is 0 Å². The molecule has 2 heteroatoms. The van der Waals surface area contributed by atoms with Gasteiger partial charge in [0.15, 0.2) is 0 Å². The molecule has 0 bridgehead atoms. The van der Waals surface area contributed by atoms with E-state index in [1.54, 1.807) is 7.11 Å². The standard InChI is InChI=1S/C15H17OP/c1-12-6-4-8-14(10-12)17(3)15-9-5-7-13(11-15)16-2/h4-11H,1-3H3. The summed E-state index contributed by atoms with van der Waals surface area (Å²) in [7, 11) is 1.42. The van der Waals surface area contributed by atoms with E-state index in [0.29, 0.717) is 0 Å². The van der Waals surface area contributed by atoms with Crippen LogP contribution in [0, 0.1) is 6.92 Å². The van der Waals surface area contributed by atoms with Crippen LogP contribution in [0.2, 0.25) is 0 Å². The molecule has 0 amide bonds. The summed E-state index contributed by atoms with van der Waals surface area (Å²) < 4.78 is 5.27. The topological polar surface area (TPSA) is 9.23 Å². The lowest BCUT2D eigenvalue weighted by molar-refractivity contribution is 0.415. The molecular weight excluding hydrogens is 227 g/mol. The quantitative estimate of drug-likeness (QED) is 0.754. The van der Waals surface area contributed by atoms with Gasteiger partial charge < -0.3 is 4.74 Å². The molecule has 0 spiro atoms. The monoisotopic (exact) mass is 244 g/mol. The highest BCUT2D eigenvalue weighted by atomic mass is 31.1. The Morgan fingerprint density at radius 2 is 1.59 bits per heavy atom. The average Bonchev–Trinajstić information content (AvgIpc) is 2.38. The maximum Gasteiger partial charge on any atom is 0.119 e. The maximum absolute atomic E-state index is 5.27. The van der Waals surface area contributed by atoms with E-state index in [9.17, 15) is 0 Å². The van der Waals surface area contributed by atoms with Gasteiger partial charge in [-0.2, -0.15) is 0 Å². The van der Waals surface area contributed by atoms with Crippen molar-refractivity contribution in [3.8, 4) is 5.75 Å². The van der Waals surface area contributed by atoms with Crippen molar-refractivity contribution in [2.24, 2.45) is 0 Å². The first-order chi connectivity index (χ1) is 8.20. The minimum absolute atomic E-state index is 0.289.